The molecule has 2 fully saturated rings. The predicted molar refractivity (Wildman–Crippen MR) is 136 cm³/mol. The Morgan fingerprint density at radius 3 is 2.43 bits per heavy atom. The van der Waals surface area contributed by atoms with Crippen LogP contribution in [0.4, 0.5) is 16.3 Å². The first-order valence-electron chi connectivity index (χ1n) is 12.1. The summed E-state index contributed by atoms with van der Waals surface area (Å²) in [6.07, 6.45) is 1.92. The molecule has 35 heavy (non-hydrogen) atoms. The van der Waals surface area contributed by atoms with Crippen LogP contribution in [-0.4, -0.2) is 97.8 Å². The Labute approximate surface area is 206 Å². The van der Waals surface area contributed by atoms with Crippen molar-refractivity contribution in [2.75, 3.05) is 63.8 Å². The maximum atomic E-state index is 13.3. The Morgan fingerprint density at radius 2 is 1.83 bits per heavy atom. The highest BCUT2D eigenvalue weighted by atomic mass is 16.5. The summed E-state index contributed by atoms with van der Waals surface area (Å²) in [7, 11) is 5.74. The maximum absolute atomic E-state index is 13.3. The van der Waals surface area contributed by atoms with E-state index in [4.69, 9.17) is 15.5 Å². The molecule has 2 N–H and O–H groups in total. The number of nitrogens with two attached hydrogens (primary N) is 1. The van der Waals surface area contributed by atoms with E-state index in [-0.39, 0.29) is 18.0 Å². The molecule has 1 aliphatic heterocycles. The molecule has 1 saturated heterocycles. The number of hydrogen-bond acceptors (Lipinski definition) is 7. The Bertz CT molecular complexity index is 1060. The van der Waals surface area contributed by atoms with E-state index >= 15 is 0 Å². The number of nitrogens with zero attached hydrogens (tertiary/aromatic N) is 6. The largest absolute Gasteiger partial charge is 0.377 e. The van der Waals surface area contributed by atoms with Gasteiger partial charge in [-0.3, -0.25) is 9.69 Å². The van der Waals surface area contributed by atoms with Crippen molar-refractivity contribution in [3.05, 3.63) is 36.0 Å². The molecule has 10 heteroatoms. The van der Waals surface area contributed by atoms with Crippen molar-refractivity contribution < 1.29 is 14.3 Å². The van der Waals surface area contributed by atoms with Crippen LogP contribution in [0.2, 0.25) is 0 Å². The highest BCUT2D eigenvalue weighted by molar-refractivity contribution is 5.94. The zero-order valence-corrected chi connectivity index (χ0v) is 21.0. The zero-order valence-electron chi connectivity index (χ0n) is 21.0. The lowest BCUT2D eigenvalue weighted by Gasteiger charge is -2.34. The van der Waals surface area contributed by atoms with E-state index in [1.165, 1.54) is 0 Å². The second-order valence-corrected chi connectivity index (χ2v) is 9.57. The van der Waals surface area contributed by atoms with Gasteiger partial charge in [0.1, 0.15) is 11.5 Å². The Kier molecular flexibility index (Phi) is 7.51. The van der Waals surface area contributed by atoms with E-state index in [0.29, 0.717) is 43.6 Å². The smallest absolute Gasteiger partial charge is 0.319 e. The summed E-state index contributed by atoms with van der Waals surface area (Å²) in [6.45, 7) is 5.32. The van der Waals surface area contributed by atoms with Crippen molar-refractivity contribution in [3.63, 3.8) is 0 Å². The molecule has 1 atom stereocenters. The SMILES string of the molecule is C[C@H]1COCCN1c1cc(C(=O)N(C)CCN(C)C)nc(-c2ccc(N(C(N)=O)C3CC3)cc2)n1. The van der Waals surface area contributed by atoms with Gasteiger partial charge in [0, 0.05) is 50.0 Å². The van der Waals surface area contributed by atoms with Crippen LogP contribution in [0.1, 0.15) is 30.3 Å². The summed E-state index contributed by atoms with van der Waals surface area (Å²) in [5.41, 5.74) is 7.47. The molecule has 188 valence electrons. The summed E-state index contributed by atoms with van der Waals surface area (Å²) in [5, 5.41) is 0. The van der Waals surface area contributed by atoms with Crippen molar-refractivity contribution in [1.82, 2.24) is 19.8 Å². The van der Waals surface area contributed by atoms with Crippen molar-refractivity contribution >= 4 is 23.4 Å². The first-order chi connectivity index (χ1) is 16.7. The first kappa shape index (κ1) is 24.9. The number of rotatable bonds is 8. The Morgan fingerprint density at radius 1 is 1.11 bits per heavy atom. The topological polar surface area (TPSA) is 108 Å². The van der Waals surface area contributed by atoms with Crippen LogP contribution in [0.15, 0.2) is 30.3 Å². The number of morpholine rings is 1. The van der Waals surface area contributed by atoms with E-state index < -0.39 is 6.03 Å². The van der Waals surface area contributed by atoms with Crippen LogP contribution in [0.3, 0.4) is 0 Å². The lowest BCUT2D eigenvalue weighted by atomic mass is 10.1. The minimum atomic E-state index is -0.451. The molecular formula is C25H35N7O3. The number of anilines is 2. The molecule has 1 aromatic carbocycles. The highest BCUT2D eigenvalue weighted by Gasteiger charge is 2.32. The van der Waals surface area contributed by atoms with E-state index in [1.807, 2.05) is 43.3 Å². The van der Waals surface area contributed by atoms with Gasteiger partial charge in [0.05, 0.1) is 19.3 Å². The van der Waals surface area contributed by atoms with Crippen LogP contribution in [0, 0.1) is 0 Å². The van der Waals surface area contributed by atoms with Gasteiger partial charge in [-0.25, -0.2) is 14.8 Å². The van der Waals surface area contributed by atoms with Gasteiger partial charge in [-0.2, -0.15) is 0 Å². The van der Waals surface area contributed by atoms with Gasteiger partial charge in [-0.05, 0) is 58.1 Å². The molecule has 3 amide bonds. The number of carbonyl (C=O) groups is 2. The number of primary amides is 1. The number of urea groups is 1. The molecule has 0 unspecified atom stereocenters. The van der Waals surface area contributed by atoms with Crippen LogP contribution in [0.5, 0.6) is 0 Å². The summed E-state index contributed by atoms with van der Waals surface area (Å²) >= 11 is 0. The summed E-state index contributed by atoms with van der Waals surface area (Å²) in [4.78, 5) is 42.2. The monoisotopic (exact) mass is 481 g/mol. The van der Waals surface area contributed by atoms with Gasteiger partial charge in [-0.15, -0.1) is 0 Å². The normalized spacial score (nSPS) is 18.0. The summed E-state index contributed by atoms with van der Waals surface area (Å²) in [5.74, 6) is 1.02. The van der Waals surface area contributed by atoms with E-state index in [1.54, 1.807) is 22.9 Å². The molecule has 0 bridgehead atoms. The molecule has 2 aromatic rings. The van der Waals surface area contributed by atoms with Gasteiger partial charge >= 0.3 is 6.03 Å². The number of aromatic nitrogens is 2. The van der Waals surface area contributed by atoms with Crippen molar-refractivity contribution in [2.45, 2.75) is 31.8 Å². The molecule has 4 rings (SSSR count). The fourth-order valence-electron chi connectivity index (χ4n) is 4.16. The quantitative estimate of drug-likeness (QED) is 0.615. The van der Waals surface area contributed by atoms with E-state index in [9.17, 15) is 9.59 Å². The molecule has 1 aromatic heterocycles. The van der Waals surface area contributed by atoms with Crippen LogP contribution in [-0.2, 0) is 4.74 Å². The molecule has 2 heterocycles. The number of carbonyl (C=O) groups excluding carboxylic acids is 2. The molecule has 0 spiro atoms. The van der Waals surface area contributed by atoms with Gasteiger partial charge in [0.25, 0.3) is 5.91 Å². The van der Waals surface area contributed by atoms with Crippen LogP contribution in [0.25, 0.3) is 11.4 Å². The maximum Gasteiger partial charge on any atom is 0.319 e. The molecule has 2 aliphatic rings. The number of likely N-dealkylation sites (N-methyl/N-ethyl adjacent to an activating group) is 2. The lowest BCUT2D eigenvalue weighted by Crippen LogP contribution is -2.44. The van der Waals surface area contributed by atoms with Gasteiger partial charge < -0.3 is 25.2 Å². The number of ether oxygens (including phenoxy) is 1. The Hall–Kier alpha value is -3.24. The van der Waals surface area contributed by atoms with Crippen LogP contribution < -0.4 is 15.5 Å². The second-order valence-electron chi connectivity index (χ2n) is 9.57. The van der Waals surface area contributed by atoms with Crippen molar-refractivity contribution in [3.8, 4) is 11.4 Å². The first-order valence-corrected chi connectivity index (χ1v) is 12.1. The summed E-state index contributed by atoms with van der Waals surface area (Å²) < 4.78 is 5.59. The fourth-order valence-corrected chi connectivity index (χ4v) is 4.16. The highest BCUT2D eigenvalue weighted by Crippen LogP contribution is 2.32. The predicted octanol–water partition coefficient (Wildman–Crippen LogP) is 2.05. The average Bonchev–Trinajstić information content (AvgIpc) is 3.67. The third-order valence-electron chi connectivity index (χ3n) is 6.38. The molecule has 1 aliphatic carbocycles. The van der Waals surface area contributed by atoms with E-state index in [2.05, 4.69) is 16.8 Å². The van der Waals surface area contributed by atoms with Gasteiger partial charge in [0.15, 0.2) is 5.82 Å². The minimum Gasteiger partial charge on any atom is -0.377 e. The molecular weight excluding hydrogens is 446 g/mol. The van der Waals surface area contributed by atoms with E-state index in [0.717, 1.165) is 30.6 Å². The number of amides is 3. The van der Waals surface area contributed by atoms with Gasteiger partial charge in [0.2, 0.25) is 0 Å². The third-order valence-corrected chi connectivity index (χ3v) is 6.38. The van der Waals surface area contributed by atoms with Crippen molar-refractivity contribution in [2.24, 2.45) is 5.73 Å². The van der Waals surface area contributed by atoms with Crippen molar-refractivity contribution in [1.29, 1.82) is 0 Å². The molecule has 10 nitrogen and oxygen atoms in total. The standard InChI is InChI=1S/C25H35N7O3/c1-17-16-35-14-13-31(17)22-15-21(24(33)30(4)12-11-29(2)3)27-23(28-22)18-5-7-19(8-6-18)32(25(26)34)20-9-10-20/h5-8,15,17,20H,9-14,16H2,1-4H3,(H2,26,34)/t17-/m0/s1. The fraction of sp³-hybridized carbons (Fsp3) is 0.520. The summed E-state index contributed by atoms with van der Waals surface area (Å²) in [6, 6.07) is 9.09. The zero-order chi connectivity index (χ0) is 25.1. The average molecular weight is 482 g/mol. The number of benzene rings is 1. The second kappa shape index (κ2) is 10.6. The Balaban J connectivity index is 1.67. The molecule has 1 saturated carbocycles. The van der Waals surface area contributed by atoms with Crippen LogP contribution >= 0.6 is 0 Å². The number of hydrogen-bond donors (Lipinski definition) is 1. The minimum absolute atomic E-state index is 0.131. The lowest BCUT2D eigenvalue weighted by molar-refractivity contribution is 0.0780. The van der Waals surface area contributed by atoms with Gasteiger partial charge in [-0.1, -0.05) is 0 Å². The molecule has 0 radical (unpaired) electrons. The third kappa shape index (κ3) is 5.88.